The lowest BCUT2D eigenvalue weighted by molar-refractivity contribution is 0.607. The Labute approximate surface area is 109 Å². The van der Waals surface area contributed by atoms with Crippen molar-refractivity contribution in [3.8, 4) is 0 Å². The van der Waals surface area contributed by atoms with E-state index in [0.29, 0.717) is 16.8 Å². The first-order valence-electron chi connectivity index (χ1n) is 6.43. The van der Waals surface area contributed by atoms with Crippen molar-refractivity contribution >= 4 is 17.4 Å². The number of aryl methyl sites for hydroxylation is 1. The minimum absolute atomic E-state index is 0.517. The van der Waals surface area contributed by atoms with Gasteiger partial charge in [-0.3, -0.25) is 0 Å². The lowest BCUT2D eigenvalue weighted by atomic mass is 10.1. The number of nitrogens with zero attached hydrogens (tertiary/aromatic N) is 2. The normalized spacial score (nSPS) is 10.8. The molecule has 96 valence electrons. The van der Waals surface area contributed by atoms with Crippen LogP contribution in [0.1, 0.15) is 56.8 Å². The maximum atomic E-state index is 6.07. The predicted molar refractivity (Wildman–Crippen MR) is 73.3 cm³/mol. The van der Waals surface area contributed by atoms with Crippen LogP contribution >= 0.6 is 11.6 Å². The highest BCUT2D eigenvalue weighted by Gasteiger charge is 2.08. The van der Waals surface area contributed by atoms with Crippen LogP contribution in [-0.4, -0.2) is 9.97 Å². The largest absolute Gasteiger partial charge is 0.383 e. The van der Waals surface area contributed by atoms with Crippen LogP contribution < -0.4 is 5.73 Å². The second kappa shape index (κ2) is 7.49. The third-order valence-corrected chi connectivity index (χ3v) is 3.19. The Bertz CT molecular complexity index is 330. The van der Waals surface area contributed by atoms with Gasteiger partial charge in [-0.25, -0.2) is 9.97 Å². The number of nitrogens with two attached hydrogens (primary N) is 1. The van der Waals surface area contributed by atoms with E-state index in [1.54, 1.807) is 6.92 Å². The quantitative estimate of drug-likeness (QED) is 0.593. The maximum absolute atomic E-state index is 6.07. The molecule has 0 saturated heterocycles. The average molecular weight is 256 g/mol. The molecule has 0 unspecified atom stereocenters. The van der Waals surface area contributed by atoms with E-state index < -0.39 is 0 Å². The molecule has 0 atom stereocenters. The summed E-state index contributed by atoms with van der Waals surface area (Å²) in [5.74, 6) is 1.18. The summed E-state index contributed by atoms with van der Waals surface area (Å²) in [5.41, 5.74) is 6.76. The summed E-state index contributed by atoms with van der Waals surface area (Å²) in [5, 5.41) is 0.517. The van der Waals surface area contributed by atoms with Gasteiger partial charge in [0.1, 0.15) is 16.8 Å². The van der Waals surface area contributed by atoms with Gasteiger partial charge < -0.3 is 5.73 Å². The van der Waals surface area contributed by atoms with Crippen LogP contribution in [0.5, 0.6) is 0 Å². The number of nitrogen functional groups attached to an aromatic ring is 1. The van der Waals surface area contributed by atoms with E-state index in [0.717, 1.165) is 18.4 Å². The lowest BCUT2D eigenvalue weighted by Gasteiger charge is -2.07. The summed E-state index contributed by atoms with van der Waals surface area (Å²) in [7, 11) is 0. The maximum Gasteiger partial charge on any atom is 0.138 e. The molecule has 0 aromatic carbocycles. The van der Waals surface area contributed by atoms with Gasteiger partial charge in [-0.1, -0.05) is 50.6 Å². The Morgan fingerprint density at radius 3 is 2.35 bits per heavy atom. The van der Waals surface area contributed by atoms with Crippen molar-refractivity contribution in [2.24, 2.45) is 0 Å². The first-order chi connectivity index (χ1) is 8.15. The molecule has 1 aromatic heterocycles. The van der Waals surface area contributed by atoms with Gasteiger partial charge in [0.25, 0.3) is 0 Å². The molecular formula is C13H22ClN3. The van der Waals surface area contributed by atoms with Gasteiger partial charge >= 0.3 is 0 Å². The monoisotopic (exact) mass is 255 g/mol. The summed E-state index contributed by atoms with van der Waals surface area (Å²) in [4.78, 5) is 8.28. The SMILES string of the molecule is CCCCCCCCc1c(N)nc(C)nc1Cl. The van der Waals surface area contributed by atoms with E-state index in [2.05, 4.69) is 16.9 Å². The van der Waals surface area contributed by atoms with Crippen molar-refractivity contribution in [2.75, 3.05) is 5.73 Å². The number of unbranched alkanes of at least 4 members (excludes halogenated alkanes) is 5. The van der Waals surface area contributed by atoms with E-state index in [-0.39, 0.29) is 0 Å². The molecule has 1 heterocycles. The van der Waals surface area contributed by atoms with Crippen molar-refractivity contribution < 1.29 is 0 Å². The zero-order chi connectivity index (χ0) is 12.7. The van der Waals surface area contributed by atoms with Crippen LogP contribution in [0.4, 0.5) is 5.82 Å². The first kappa shape index (κ1) is 14.2. The molecule has 0 saturated carbocycles. The number of anilines is 1. The topological polar surface area (TPSA) is 51.8 Å². The minimum Gasteiger partial charge on any atom is -0.383 e. The van der Waals surface area contributed by atoms with Gasteiger partial charge in [-0.05, 0) is 19.8 Å². The zero-order valence-corrected chi connectivity index (χ0v) is 11.6. The Morgan fingerprint density at radius 1 is 1.06 bits per heavy atom. The van der Waals surface area contributed by atoms with Gasteiger partial charge in [0, 0.05) is 5.56 Å². The highest BCUT2D eigenvalue weighted by atomic mass is 35.5. The fraction of sp³-hybridized carbons (Fsp3) is 0.692. The van der Waals surface area contributed by atoms with Crippen LogP contribution in [0, 0.1) is 6.92 Å². The summed E-state index contributed by atoms with van der Waals surface area (Å²) in [6.07, 6.45) is 8.45. The van der Waals surface area contributed by atoms with Crippen molar-refractivity contribution in [3.05, 3.63) is 16.5 Å². The molecule has 0 spiro atoms. The van der Waals surface area contributed by atoms with E-state index in [4.69, 9.17) is 17.3 Å². The summed E-state index contributed by atoms with van der Waals surface area (Å²) in [6.45, 7) is 4.03. The Hall–Kier alpha value is -0.830. The van der Waals surface area contributed by atoms with Crippen LogP contribution in [0.3, 0.4) is 0 Å². The van der Waals surface area contributed by atoms with Crippen molar-refractivity contribution in [1.29, 1.82) is 0 Å². The van der Waals surface area contributed by atoms with E-state index in [1.165, 1.54) is 32.1 Å². The second-order valence-corrected chi connectivity index (χ2v) is 4.80. The van der Waals surface area contributed by atoms with Gasteiger partial charge in [-0.2, -0.15) is 0 Å². The van der Waals surface area contributed by atoms with Crippen LogP contribution in [0.15, 0.2) is 0 Å². The molecule has 4 heteroatoms. The summed E-state index contributed by atoms with van der Waals surface area (Å²) >= 11 is 6.07. The van der Waals surface area contributed by atoms with Crippen molar-refractivity contribution in [2.45, 2.75) is 58.8 Å². The number of hydrogen-bond acceptors (Lipinski definition) is 3. The summed E-state index contributed by atoms with van der Waals surface area (Å²) in [6, 6.07) is 0. The third kappa shape index (κ3) is 4.90. The average Bonchev–Trinajstić information content (AvgIpc) is 2.26. The van der Waals surface area contributed by atoms with E-state index in [1.807, 2.05) is 0 Å². The summed E-state index contributed by atoms with van der Waals surface area (Å²) < 4.78 is 0. The minimum atomic E-state index is 0.517. The molecule has 17 heavy (non-hydrogen) atoms. The molecular weight excluding hydrogens is 234 g/mol. The van der Waals surface area contributed by atoms with Gasteiger partial charge in [0.05, 0.1) is 0 Å². The Balaban J connectivity index is 2.36. The molecule has 0 aliphatic carbocycles. The molecule has 1 rings (SSSR count). The highest BCUT2D eigenvalue weighted by Crippen LogP contribution is 2.21. The number of rotatable bonds is 7. The lowest BCUT2D eigenvalue weighted by Crippen LogP contribution is -2.03. The van der Waals surface area contributed by atoms with Gasteiger partial charge in [-0.15, -0.1) is 0 Å². The zero-order valence-electron chi connectivity index (χ0n) is 10.8. The molecule has 0 fully saturated rings. The molecule has 3 nitrogen and oxygen atoms in total. The third-order valence-electron chi connectivity index (χ3n) is 2.88. The number of halogens is 1. The smallest absolute Gasteiger partial charge is 0.138 e. The molecule has 2 N–H and O–H groups in total. The van der Waals surface area contributed by atoms with E-state index in [9.17, 15) is 0 Å². The van der Waals surface area contributed by atoms with Crippen LogP contribution in [0.2, 0.25) is 5.15 Å². The molecule has 1 aromatic rings. The van der Waals surface area contributed by atoms with E-state index >= 15 is 0 Å². The molecule has 0 bridgehead atoms. The number of aromatic nitrogens is 2. The number of hydrogen-bond donors (Lipinski definition) is 1. The molecule has 0 aliphatic rings. The molecule has 0 aliphatic heterocycles. The Morgan fingerprint density at radius 2 is 1.71 bits per heavy atom. The predicted octanol–water partition coefficient (Wildman–Crippen LogP) is 3.92. The highest BCUT2D eigenvalue weighted by molar-refractivity contribution is 6.30. The molecule has 0 amide bonds. The first-order valence-corrected chi connectivity index (χ1v) is 6.81. The van der Waals surface area contributed by atoms with Crippen molar-refractivity contribution in [3.63, 3.8) is 0 Å². The van der Waals surface area contributed by atoms with Gasteiger partial charge in [0.15, 0.2) is 0 Å². The van der Waals surface area contributed by atoms with Crippen LogP contribution in [0.25, 0.3) is 0 Å². The fourth-order valence-electron chi connectivity index (χ4n) is 1.90. The second-order valence-electron chi connectivity index (χ2n) is 4.44. The molecule has 0 radical (unpaired) electrons. The fourth-order valence-corrected chi connectivity index (χ4v) is 2.21. The standard InChI is InChI=1S/C13H22ClN3/c1-3-4-5-6-7-8-9-11-12(14)16-10(2)17-13(11)15/h3-9H2,1-2H3,(H2,15,16,17). The van der Waals surface area contributed by atoms with Crippen molar-refractivity contribution in [1.82, 2.24) is 9.97 Å². The van der Waals surface area contributed by atoms with Crippen LogP contribution in [-0.2, 0) is 6.42 Å². The Kier molecular flexibility index (Phi) is 6.27. The van der Waals surface area contributed by atoms with Gasteiger partial charge in [0.2, 0.25) is 0 Å².